The lowest BCUT2D eigenvalue weighted by atomic mass is 9.66. The van der Waals surface area contributed by atoms with E-state index in [2.05, 4.69) is 99.7 Å². The Labute approximate surface area is 150 Å². The van der Waals surface area contributed by atoms with Gasteiger partial charge in [-0.15, -0.1) is 0 Å². The molecule has 0 heterocycles. The zero-order valence-corrected chi connectivity index (χ0v) is 15.2. The maximum Gasteiger partial charge on any atom is 0.0704 e. The molecule has 0 fully saturated rings. The quantitative estimate of drug-likeness (QED) is 0.616. The summed E-state index contributed by atoms with van der Waals surface area (Å²) in [5.41, 5.74) is 9.36. The minimum Gasteiger partial charge on any atom is -0.0873 e. The van der Waals surface area contributed by atoms with Gasteiger partial charge in [-0.25, -0.2) is 0 Å². The lowest BCUT2D eigenvalue weighted by molar-refractivity contribution is 0.756. The summed E-state index contributed by atoms with van der Waals surface area (Å²) >= 11 is 0. The van der Waals surface area contributed by atoms with Crippen molar-refractivity contribution in [3.63, 3.8) is 0 Å². The van der Waals surface area contributed by atoms with Crippen molar-refractivity contribution in [3.05, 3.63) is 118 Å². The number of allylic oxidation sites excluding steroid dienone is 8. The zero-order chi connectivity index (χ0) is 17.4. The molecule has 124 valence electrons. The smallest absolute Gasteiger partial charge is 0.0704 e. The van der Waals surface area contributed by atoms with Crippen LogP contribution in [0.15, 0.2) is 95.6 Å². The molecule has 25 heavy (non-hydrogen) atoms. The number of hydrogen-bond donors (Lipinski definition) is 0. The Morgan fingerprint density at radius 3 is 1.92 bits per heavy atom. The third kappa shape index (κ3) is 2.36. The Bertz CT molecular complexity index is 868. The Morgan fingerprint density at radius 2 is 1.40 bits per heavy atom. The van der Waals surface area contributed by atoms with Crippen molar-refractivity contribution >= 4 is 0 Å². The molecule has 0 amide bonds. The first-order valence-corrected chi connectivity index (χ1v) is 9.05. The SMILES string of the molecule is C/C=C/C1=CC2=C(C=CC2)C1(c1ccc(C)cc1)c1ccc(C)cc1. The molecule has 0 radical (unpaired) electrons. The average molecular weight is 324 g/mol. The van der Waals surface area contributed by atoms with E-state index in [9.17, 15) is 0 Å². The first-order valence-electron chi connectivity index (χ1n) is 9.05. The maximum absolute atomic E-state index is 2.40. The molecule has 0 saturated heterocycles. The van der Waals surface area contributed by atoms with Crippen LogP contribution >= 0.6 is 0 Å². The van der Waals surface area contributed by atoms with Gasteiger partial charge in [0.25, 0.3) is 0 Å². The second-order valence-electron chi connectivity index (χ2n) is 7.13. The van der Waals surface area contributed by atoms with Gasteiger partial charge in [0.15, 0.2) is 0 Å². The van der Waals surface area contributed by atoms with E-state index in [-0.39, 0.29) is 5.41 Å². The molecule has 0 heteroatoms. The summed E-state index contributed by atoms with van der Waals surface area (Å²) in [5.74, 6) is 0. The van der Waals surface area contributed by atoms with Crippen LogP contribution in [0.1, 0.15) is 35.6 Å². The number of hydrogen-bond acceptors (Lipinski definition) is 0. The molecule has 4 rings (SSSR count). The van der Waals surface area contributed by atoms with Crippen LogP contribution in [-0.2, 0) is 5.41 Å². The highest BCUT2D eigenvalue weighted by Crippen LogP contribution is 2.54. The minimum absolute atomic E-state index is 0.198. The lowest BCUT2D eigenvalue weighted by Gasteiger charge is -2.35. The molecule has 0 aromatic heterocycles. The van der Waals surface area contributed by atoms with E-state index in [1.807, 2.05) is 0 Å². The molecule has 2 aromatic carbocycles. The lowest BCUT2D eigenvalue weighted by Crippen LogP contribution is -2.29. The number of benzene rings is 2. The van der Waals surface area contributed by atoms with Gasteiger partial charge in [0.05, 0.1) is 5.41 Å². The monoisotopic (exact) mass is 324 g/mol. The van der Waals surface area contributed by atoms with E-state index >= 15 is 0 Å². The highest BCUT2D eigenvalue weighted by atomic mass is 14.5. The summed E-state index contributed by atoms with van der Waals surface area (Å²) in [5, 5.41) is 0. The molecule has 2 aliphatic rings. The second-order valence-corrected chi connectivity index (χ2v) is 7.13. The van der Waals surface area contributed by atoms with Crippen molar-refractivity contribution in [2.24, 2.45) is 0 Å². The third-order valence-corrected chi connectivity index (χ3v) is 5.45. The molecule has 2 aliphatic carbocycles. The van der Waals surface area contributed by atoms with Crippen LogP contribution in [-0.4, -0.2) is 0 Å². The molecule has 0 spiro atoms. The minimum atomic E-state index is -0.198. The van der Waals surface area contributed by atoms with Gasteiger partial charge >= 0.3 is 0 Å². The first kappa shape index (κ1) is 15.9. The highest BCUT2D eigenvalue weighted by molar-refractivity contribution is 5.71. The van der Waals surface area contributed by atoms with Crippen LogP contribution in [0.3, 0.4) is 0 Å². The first-order chi connectivity index (χ1) is 12.2. The summed E-state index contributed by atoms with van der Waals surface area (Å²) in [6.07, 6.45) is 12.5. The molecule has 0 aliphatic heterocycles. The molecular weight excluding hydrogens is 300 g/mol. The van der Waals surface area contributed by atoms with Crippen molar-refractivity contribution in [3.8, 4) is 0 Å². The van der Waals surface area contributed by atoms with Crippen LogP contribution < -0.4 is 0 Å². The molecule has 0 nitrogen and oxygen atoms in total. The van der Waals surface area contributed by atoms with Gasteiger partial charge in [0.1, 0.15) is 0 Å². The molecule has 0 N–H and O–H groups in total. The van der Waals surface area contributed by atoms with Crippen LogP contribution in [0, 0.1) is 13.8 Å². The molecule has 0 atom stereocenters. The van der Waals surface area contributed by atoms with Crippen LogP contribution in [0.2, 0.25) is 0 Å². The van der Waals surface area contributed by atoms with E-state index < -0.39 is 0 Å². The Morgan fingerprint density at radius 1 is 0.840 bits per heavy atom. The van der Waals surface area contributed by atoms with Gasteiger partial charge in [-0.05, 0) is 55.0 Å². The predicted molar refractivity (Wildman–Crippen MR) is 107 cm³/mol. The van der Waals surface area contributed by atoms with Crippen molar-refractivity contribution in [2.45, 2.75) is 32.6 Å². The summed E-state index contributed by atoms with van der Waals surface area (Å²) in [4.78, 5) is 0. The summed E-state index contributed by atoms with van der Waals surface area (Å²) < 4.78 is 0. The van der Waals surface area contributed by atoms with Crippen molar-refractivity contribution in [1.29, 1.82) is 0 Å². The van der Waals surface area contributed by atoms with Crippen molar-refractivity contribution < 1.29 is 0 Å². The summed E-state index contributed by atoms with van der Waals surface area (Å²) in [6, 6.07) is 18.1. The van der Waals surface area contributed by atoms with E-state index in [4.69, 9.17) is 0 Å². The molecular formula is C25H24. The fourth-order valence-electron chi connectivity index (χ4n) is 4.25. The predicted octanol–water partition coefficient (Wildman–Crippen LogP) is 6.36. The van der Waals surface area contributed by atoms with Crippen molar-refractivity contribution in [1.82, 2.24) is 0 Å². The fraction of sp³-hybridized carbons (Fsp3) is 0.200. The van der Waals surface area contributed by atoms with E-state index in [1.54, 1.807) is 0 Å². The Hall–Kier alpha value is -2.60. The largest absolute Gasteiger partial charge is 0.0873 e. The van der Waals surface area contributed by atoms with Gasteiger partial charge in [-0.3, -0.25) is 0 Å². The molecule has 0 saturated carbocycles. The molecule has 0 unspecified atom stereocenters. The van der Waals surface area contributed by atoms with Crippen LogP contribution in [0.5, 0.6) is 0 Å². The fourth-order valence-corrected chi connectivity index (χ4v) is 4.25. The van der Waals surface area contributed by atoms with E-state index in [0.29, 0.717) is 0 Å². The van der Waals surface area contributed by atoms with Crippen LogP contribution in [0.4, 0.5) is 0 Å². The van der Waals surface area contributed by atoms with Gasteiger partial charge in [-0.2, -0.15) is 0 Å². The number of aryl methyl sites for hydroxylation is 2. The average Bonchev–Trinajstić information content (AvgIpc) is 3.18. The number of rotatable bonds is 3. The molecule has 0 bridgehead atoms. The topological polar surface area (TPSA) is 0 Å². The van der Waals surface area contributed by atoms with E-state index in [0.717, 1.165) is 6.42 Å². The van der Waals surface area contributed by atoms with Gasteiger partial charge in [0, 0.05) is 0 Å². The van der Waals surface area contributed by atoms with Crippen LogP contribution in [0.25, 0.3) is 0 Å². The second kappa shape index (κ2) is 6.04. The maximum atomic E-state index is 2.40. The standard InChI is InChI=1S/C25H24/c1-4-6-23-17-20-7-5-8-24(20)25(23,21-13-9-18(2)10-14-21)22-15-11-19(3)12-16-22/h4-6,8-17H,7H2,1-3H3/b6-4+. The highest BCUT2D eigenvalue weighted by Gasteiger charge is 2.45. The third-order valence-electron chi connectivity index (χ3n) is 5.45. The zero-order valence-electron chi connectivity index (χ0n) is 15.2. The Balaban J connectivity index is 2.04. The van der Waals surface area contributed by atoms with E-state index in [1.165, 1.54) is 39.0 Å². The molecule has 2 aromatic rings. The van der Waals surface area contributed by atoms with Gasteiger partial charge in [0.2, 0.25) is 0 Å². The summed E-state index contributed by atoms with van der Waals surface area (Å²) in [6.45, 7) is 6.41. The van der Waals surface area contributed by atoms with Gasteiger partial charge in [-0.1, -0.05) is 90.0 Å². The van der Waals surface area contributed by atoms with Gasteiger partial charge < -0.3 is 0 Å². The Kier molecular flexibility index (Phi) is 3.84. The van der Waals surface area contributed by atoms with Crippen molar-refractivity contribution in [2.75, 3.05) is 0 Å². The summed E-state index contributed by atoms with van der Waals surface area (Å²) in [7, 11) is 0. The normalized spacial score (nSPS) is 18.1.